The number of nitrogens with zero attached hydrogens (tertiary/aromatic N) is 3. The predicted molar refractivity (Wildman–Crippen MR) is 136 cm³/mol. The van der Waals surface area contributed by atoms with E-state index in [0.29, 0.717) is 28.8 Å². The van der Waals surface area contributed by atoms with Gasteiger partial charge in [-0.15, -0.1) is 0 Å². The molecular formula is C27H28ClFN4O2. The first kappa shape index (κ1) is 23.7. The van der Waals surface area contributed by atoms with Crippen molar-refractivity contribution >= 4 is 39.8 Å². The molecule has 35 heavy (non-hydrogen) atoms. The van der Waals surface area contributed by atoms with Gasteiger partial charge in [0.05, 0.1) is 17.6 Å². The van der Waals surface area contributed by atoms with E-state index in [2.05, 4.69) is 20.2 Å². The Kier molecular flexibility index (Phi) is 6.97. The van der Waals surface area contributed by atoms with Gasteiger partial charge in [-0.3, -0.25) is 9.69 Å². The van der Waals surface area contributed by atoms with Crippen LogP contribution in [-0.4, -0.2) is 46.9 Å². The molecule has 3 aromatic rings. The predicted octanol–water partition coefficient (Wildman–Crippen LogP) is 5.72. The van der Waals surface area contributed by atoms with Crippen LogP contribution in [0.5, 0.6) is 5.75 Å². The number of anilines is 2. The van der Waals surface area contributed by atoms with Crippen molar-refractivity contribution in [3.8, 4) is 5.75 Å². The van der Waals surface area contributed by atoms with Crippen LogP contribution in [-0.2, 0) is 11.2 Å². The summed E-state index contributed by atoms with van der Waals surface area (Å²) in [7, 11) is 1.58. The smallest absolute Gasteiger partial charge is 0.159 e. The number of carbonyl (C=O) groups excluding carboxylic acids is 1. The summed E-state index contributed by atoms with van der Waals surface area (Å²) < 4.78 is 19.1. The maximum Gasteiger partial charge on any atom is 0.159 e. The van der Waals surface area contributed by atoms with Gasteiger partial charge in [0.25, 0.3) is 0 Å². The van der Waals surface area contributed by atoms with Crippen LogP contribution < -0.4 is 10.1 Å². The molecule has 5 rings (SSSR count). The fourth-order valence-corrected chi connectivity index (χ4v) is 5.33. The number of carbonyl (C=O) groups is 1. The molecule has 0 radical (unpaired) electrons. The minimum absolute atomic E-state index is 0.0153. The third-order valence-electron chi connectivity index (χ3n) is 7.09. The Bertz CT molecular complexity index is 1280. The number of ketones is 1. The Morgan fingerprint density at radius 3 is 2.91 bits per heavy atom. The molecule has 0 amide bonds. The second-order valence-corrected chi connectivity index (χ2v) is 9.65. The number of aromatic nitrogens is 2. The van der Waals surface area contributed by atoms with Crippen molar-refractivity contribution in [1.29, 1.82) is 0 Å². The molecule has 2 aromatic carbocycles. The van der Waals surface area contributed by atoms with Crippen LogP contribution in [0.1, 0.15) is 31.2 Å². The molecule has 6 nitrogen and oxygen atoms in total. The number of allylic oxidation sites excluding steroid dienone is 1. The van der Waals surface area contributed by atoms with Crippen LogP contribution in [0.25, 0.3) is 10.9 Å². The topological polar surface area (TPSA) is 67.4 Å². The van der Waals surface area contributed by atoms with Gasteiger partial charge in [-0.2, -0.15) is 0 Å². The van der Waals surface area contributed by atoms with E-state index in [9.17, 15) is 9.18 Å². The summed E-state index contributed by atoms with van der Waals surface area (Å²) in [5.74, 6) is 1.51. The number of ether oxygens (including phenoxy) is 1. The number of nitrogens with one attached hydrogen (secondary N) is 1. The highest BCUT2D eigenvalue weighted by molar-refractivity contribution is 6.31. The number of methoxy groups -OCH3 is 1. The standard InChI is InChI=1S/C27H28ClFN4O2/c1-35-26-15-24-21(27(31-16-30-24)32-19-7-8-23(29)22(28)14-19)13-18(26)12-20(34)5-3-11-33-10-2-4-17-6-9-25(17)33/h3,5,7-8,13-17,25H,2,4,6,9-12H2,1H3,(H,30,31,32)/b5-3+. The van der Waals surface area contributed by atoms with E-state index in [1.54, 1.807) is 25.3 Å². The van der Waals surface area contributed by atoms with Gasteiger partial charge in [-0.25, -0.2) is 14.4 Å². The quantitative estimate of drug-likeness (QED) is 0.404. The molecule has 1 aliphatic carbocycles. The SMILES string of the molecule is COc1cc2ncnc(Nc3ccc(F)c(Cl)c3)c2cc1CC(=O)/C=C/CN1CCCC2CCC21. The molecular weight excluding hydrogens is 467 g/mol. The van der Waals surface area contributed by atoms with Crippen molar-refractivity contribution in [1.82, 2.24) is 14.9 Å². The lowest BCUT2D eigenvalue weighted by molar-refractivity contribution is -0.114. The van der Waals surface area contributed by atoms with Crippen molar-refractivity contribution in [3.05, 3.63) is 65.2 Å². The lowest BCUT2D eigenvalue weighted by atomic mass is 9.73. The molecule has 1 aromatic heterocycles. The van der Waals surface area contributed by atoms with Gasteiger partial charge in [0, 0.05) is 41.7 Å². The Morgan fingerprint density at radius 1 is 1.26 bits per heavy atom. The largest absolute Gasteiger partial charge is 0.496 e. The molecule has 1 saturated heterocycles. The zero-order chi connectivity index (χ0) is 24.4. The maximum atomic E-state index is 13.5. The Hall–Kier alpha value is -3.03. The van der Waals surface area contributed by atoms with Crippen LogP contribution in [0.15, 0.2) is 48.8 Å². The van der Waals surface area contributed by atoms with Gasteiger partial charge in [0.1, 0.15) is 23.7 Å². The Labute approximate surface area is 209 Å². The lowest BCUT2D eigenvalue weighted by Crippen LogP contribution is -2.50. The number of piperidine rings is 1. The average molecular weight is 495 g/mol. The first-order chi connectivity index (χ1) is 17.0. The molecule has 0 bridgehead atoms. The number of halogens is 2. The summed E-state index contributed by atoms with van der Waals surface area (Å²) in [4.78, 5) is 24.0. The van der Waals surface area contributed by atoms with Crippen molar-refractivity contribution in [2.45, 2.75) is 38.1 Å². The third kappa shape index (κ3) is 5.16. The van der Waals surface area contributed by atoms with Crippen molar-refractivity contribution in [3.63, 3.8) is 0 Å². The van der Waals surface area contributed by atoms with Crippen LogP contribution in [0.3, 0.4) is 0 Å². The first-order valence-electron chi connectivity index (χ1n) is 12.0. The highest BCUT2D eigenvalue weighted by atomic mass is 35.5. The molecule has 1 saturated carbocycles. The number of benzene rings is 2. The highest BCUT2D eigenvalue weighted by Crippen LogP contribution is 2.39. The molecule has 182 valence electrons. The van der Waals surface area contributed by atoms with Crippen LogP contribution >= 0.6 is 11.6 Å². The highest BCUT2D eigenvalue weighted by Gasteiger charge is 2.37. The van der Waals surface area contributed by atoms with E-state index in [1.165, 1.54) is 44.1 Å². The average Bonchev–Trinajstić information content (AvgIpc) is 2.82. The normalized spacial score (nSPS) is 20.0. The first-order valence-corrected chi connectivity index (χ1v) is 12.4. The second kappa shape index (κ2) is 10.3. The van der Waals surface area contributed by atoms with E-state index in [-0.39, 0.29) is 17.2 Å². The molecule has 0 spiro atoms. The molecule has 2 heterocycles. The fraction of sp³-hybridized carbons (Fsp3) is 0.370. The molecule has 2 fully saturated rings. The van der Waals surface area contributed by atoms with Gasteiger partial charge < -0.3 is 10.1 Å². The molecule has 2 aliphatic rings. The van der Waals surface area contributed by atoms with Gasteiger partial charge in [0.2, 0.25) is 0 Å². The monoisotopic (exact) mass is 494 g/mol. The minimum Gasteiger partial charge on any atom is -0.496 e. The zero-order valence-corrected chi connectivity index (χ0v) is 20.4. The summed E-state index contributed by atoms with van der Waals surface area (Å²) in [6, 6.07) is 8.75. The molecule has 2 unspecified atom stereocenters. The number of likely N-dealkylation sites (tertiary alicyclic amines) is 1. The summed E-state index contributed by atoms with van der Waals surface area (Å²) in [5.41, 5.74) is 2.01. The lowest BCUT2D eigenvalue weighted by Gasteiger charge is -2.48. The van der Waals surface area contributed by atoms with E-state index in [0.717, 1.165) is 30.0 Å². The van der Waals surface area contributed by atoms with Crippen LogP contribution in [0.2, 0.25) is 5.02 Å². The minimum atomic E-state index is -0.490. The van der Waals surface area contributed by atoms with Crippen molar-refractivity contribution in [2.75, 3.05) is 25.5 Å². The summed E-state index contributed by atoms with van der Waals surface area (Å²) in [6.07, 6.45) is 10.6. The summed E-state index contributed by atoms with van der Waals surface area (Å²) >= 11 is 5.92. The van der Waals surface area contributed by atoms with Crippen molar-refractivity contribution in [2.24, 2.45) is 5.92 Å². The van der Waals surface area contributed by atoms with E-state index in [4.69, 9.17) is 16.3 Å². The molecule has 1 N–H and O–H groups in total. The summed E-state index contributed by atoms with van der Waals surface area (Å²) in [5, 5.41) is 3.92. The van der Waals surface area contributed by atoms with Crippen LogP contribution in [0.4, 0.5) is 15.9 Å². The zero-order valence-electron chi connectivity index (χ0n) is 19.6. The summed E-state index contributed by atoms with van der Waals surface area (Å²) in [6.45, 7) is 1.94. The number of rotatable bonds is 8. The number of fused-ring (bicyclic) bond motifs is 2. The van der Waals surface area contributed by atoms with E-state index < -0.39 is 5.82 Å². The number of hydrogen-bond donors (Lipinski definition) is 1. The van der Waals surface area contributed by atoms with Gasteiger partial charge in [-0.05, 0) is 68.5 Å². The fourth-order valence-electron chi connectivity index (χ4n) is 5.15. The van der Waals surface area contributed by atoms with Gasteiger partial charge in [-0.1, -0.05) is 17.7 Å². The molecule has 1 aliphatic heterocycles. The van der Waals surface area contributed by atoms with Gasteiger partial charge in [0.15, 0.2) is 5.78 Å². The van der Waals surface area contributed by atoms with Gasteiger partial charge >= 0.3 is 0 Å². The maximum absolute atomic E-state index is 13.5. The van der Waals surface area contributed by atoms with Crippen LogP contribution in [0, 0.1) is 11.7 Å². The van der Waals surface area contributed by atoms with E-state index >= 15 is 0 Å². The second-order valence-electron chi connectivity index (χ2n) is 9.24. The Morgan fingerprint density at radius 2 is 2.14 bits per heavy atom. The molecule has 8 heteroatoms. The van der Waals surface area contributed by atoms with E-state index in [1.807, 2.05) is 12.1 Å². The molecule has 2 atom stereocenters. The number of hydrogen-bond acceptors (Lipinski definition) is 6. The third-order valence-corrected chi connectivity index (χ3v) is 7.38. The van der Waals surface area contributed by atoms with Crippen molar-refractivity contribution < 1.29 is 13.9 Å². The Balaban J connectivity index is 1.33.